The number of amides is 2. The van der Waals surface area contributed by atoms with E-state index in [0.29, 0.717) is 28.4 Å². The minimum Gasteiger partial charge on any atom is -0.454 e. The summed E-state index contributed by atoms with van der Waals surface area (Å²) >= 11 is 0. The van der Waals surface area contributed by atoms with Crippen LogP contribution in [0.5, 0.6) is 11.5 Å². The number of carbonyl (C=O) groups excluding carboxylic acids is 2. The van der Waals surface area contributed by atoms with Gasteiger partial charge in [-0.25, -0.2) is 0 Å². The zero-order valence-corrected chi connectivity index (χ0v) is 14.7. The van der Waals surface area contributed by atoms with Gasteiger partial charge in [0.1, 0.15) is 0 Å². The molecule has 1 atom stereocenters. The Morgan fingerprint density at radius 3 is 2.67 bits per heavy atom. The minimum absolute atomic E-state index is 0.0531. The quantitative estimate of drug-likeness (QED) is 0.805. The van der Waals surface area contributed by atoms with Crippen LogP contribution < -0.4 is 20.1 Å². The number of carbonyl (C=O) groups is 2. The summed E-state index contributed by atoms with van der Waals surface area (Å²) in [4.78, 5) is 25.3. The van der Waals surface area contributed by atoms with Gasteiger partial charge in [-0.2, -0.15) is 0 Å². The summed E-state index contributed by atoms with van der Waals surface area (Å²) in [5.41, 5.74) is 1.52. The SMILES string of the molecule is O=C(Nc1ccc2c(c1)OCO2)c1ccccc1NC(=O)[C@@H]1CC=CCC1. The van der Waals surface area contributed by atoms with Crippen LogP contribution >= 0.6 is 0 Å². The van der Waals surface area contributed by atoms with Gasteiger partial charge < -0.3 is 20.1 Å². The standard InChI is InChI=1S/C21H20N2O4/c24-20(14-6-2-1-3-7-14)23-17-9-5-4-8-16(17)21(25)22-15-10-11-18-19(12-15)27-13-26-18/h1-2,4-5,8-12,14H,3,6-7,13H2,(H,22,25)(H,23,24)/t14-/m1/s1. The van der Waals surface area contributed by atoms with Gasteiger partial charge in [-0.15, -0.1) is 0 Å². The van der Waals surface area contributed by atoms with E-state index < -0.39 is 0 Å². The van der Waals surface area contributed by atoms with Crippen molar-refractivity contribution in [2.75, 3.05) is 17.4 Å². The monoisotopic (exact) mass is 364 g/mol. The third kappa shape index (κ3) is 3.79. The Labute approximate surface area is 157 Å². The lowest BCUT2D eigenvalue weighted by Crippen LogP contribution is -2.25. The molecule has 6 heteroatoms. The van der Waals surface area contributed by atoms with Gasteiger partial charge in [-0.1, -0.05) is 24.3 Å². The van der Waals surface area contributed by atoms with Crippen molar-refractivity contribution in [3.05, 3.63) is 60.2 Å². The highest BCUT2D eigenvalue weighted by atomic mass is 16.7. The molecule has 0 radical (unpaired) electrons. The number of hydrogen-bond acceptors (Lipinski definition) is 4. The molecule has 2 N–H and O–H groups in total. The lowest BCUT2D eigenvalue weighted by atomic mass is 9.93. The van der Waals surface area contributed by atoms with E-state index in [2.05, 4.69) is 16.7 Å². The maximum atomic E-state index is 12.7. The number of benzene rings is 2. The summed E-state index contributed by atoms with van der Waals surface area (Å²) < 4.78 is 10.6. The molecule has 2 aromatic carbocycles. The average molecular weight is 364 g/mol. The van der Waals surface area contributed by atoms with E-state index in [1.807, 2.05) is 6.08 Å². The van der Waals surface area contributed by atoms with Gasteiger partial charge in [0.2, 0.25) is 12.7 Å². The van der Waals surface area contributed by atoms with E-state index in [0.717, 1.165) is 19.3 Å². The lowest BCUT2D eigenvalue weighted by Gasteiger charge is -2.18. The van der Waals surface area contributed by atoms with Crippen LogP contribution in [-0.4, -0.2) is 18.6 Å². The summed E-state index contributed by atoms with van der Waals surface area (Å²) in [6, 6.07) is 12.2. The first-order valence-corrected chi connectivity index (χ1v) is 8.96. The molecular formula is C21H20N2O4. The van der Waals surface area contributed by atoms with Gasteiger partial charge >= 0.3 is 0 Å². The maximum absolute atomic E-state index is 12.7. The first-order chi connectivity index (χ1) is 13.2. The number of para-hydroxylation sites is 1. The molecule has 0 unspecified atom stereocenters. The molecular weight excluding hydrogens is 344 g/mol. The Hall–Kier alpha value is -3.28. The largest absolute Gasteiger partial charge is 0.454 e. The van der Waals surface area contributed by atoms with Gasteiger partial charge in [0, 0.05) is 17.7 Å². The summed E-state index contributed by atoms with van der Waals surface area (Å²) in [6.07, 6.45) is 6.60. The smallest absolute Gasteiger partial charge is 0.257 e. The van der Waals surface area contributed by atoms with Gasteiger partial charge in [0.15, 0.2) is 11.5 Å². The molecule has 1 aliphatic carbocycles. The molecule has 6 nitrogen and oxygen atoms in total. The fourth-order valence-corrected chi connectivity index (χ4v) is 3.23. The van der Waals surface area contributed by atoms with E-state index in [1.165, 1.54) is 0 Å². The summed E-state index contributed by atoms with van der Waals surface area (Å²) in [5, 5.41) is 5.75. The van der Waals surface area contributed by atoms with Crippen molar-refractivity contribution in [2.45, 2.75) is 19.3 Å². The molecule has 1 heterocycles. The van der Waals surface area contributed by atoms with Crippen molar-refractivity contribution in [2.24, 2.45) is 5.92 Å². The second-order valence-corrected chi connectivity index (χ2v) is 6.54. The molecule has 0 saturated heterocycles. The number of fused-ring (bicyclic) bond motifs is 1. The topological polar surface area (TPSA) is 76.7 Å². The Kier molecular flexibility index (Phi) is 4.78. The predicted molar refractivity (Wildman–Crippen MR) is 102 cm³/mol. The van der Waals surface area contributed by atoms with Crippen molar-refractivity contribution >= 4 is 23.2 Å². The van der Waals surface area contributed by atoms with Crippen molar-refractivity contribution in [3.8, 4) is 11.5 Å². The minimum atomic E-state index is -0.298. The van der Waals surface area contributed by atoms with Crippen LogP contribution in [0.3, 0.4) is 0 Å². The third-order valence-electron chi connectivity index (χ3n) is 4.70. The van der Waals surface area contributed by atoms with Crippen molar-refractivity contribution in [1.82, 2.24) is 0 Å². The van der Waals surface area contributed by atoms with Gasteiger partial charge in [-0.3, -0.25) is 9.59 Å². The number of hydrogen-bond donors (Lipinski definition) is 2. The second-order valence-electron chi connectivity index (χ2n) is 6.54. The molecule has 0 aromatic heterocycles. The fraction of sp³-hybridized carbons (Fsp3) is 0.238. The summed E-state index contributed by atoms with van der Waals surface area (Å²) in [6.45, 7) is 0.179. The Balaban J connectivity index is 1.49. The highest BCUT2D eigenvalue weighted by molar-refractivity contribution is 6.10. The first-order valence-electron chi connectivity index (χ1n) is 8.96. The number of anilines is 2. The normalized spacial score (nSPS) is 17.4. The van der Waals surface area contributed by atoms with Crippen LogP contribution in [0.25, 0.3) is 0 Å². The van der Waals surface area contributed by atoms with Crippen LogP contribution in [0.1, 0.15) is 29.6 Å². The fourth-order valence-electron chi connectivity index (χ4n) is 3.23. The average Bonchev–Trinajstić information content (AvgIpc) is 3.17. The zero-order valence-electron chi connectivity index (χ0n) is 14.7. The molecule has 27 heavy (non-hydrogen) atoms. The number of nitrogens with one attached hydrogen (secondary N) is 2. The van der Waals surface area contributed by atoms with E-state index >= 15 is 0 Å². The Morgan fingerprint density at radius 2 is 1.81 bits per heavy atom. The molecule has 138 valence electrons. The zero-order chi connectivity index (χ0) is 18.6. The van der Waals surface area contributed by atoms with Crippen LogP contribution in [0.4, 0.5) is 11.4 Å². The number of ether oxygens (including phenoxy) is 2. The third-order valence-corrected chi connectivity index (χ3v) is 4.70. The molecule has 0 spiro atoms. The van der Waals surface area contributed by atoms with E-state index in [4.69, 9.17) is 9.47 Å². The molecule has 0 fully saturated rings. The van der Waals surface area contributed by atoms with Crippen LogP contribution in [0.2, 0.25) is 0 Å². The van der Waals surface area contributed by atoms with Crippen molar-refractivity contribution in [1.29, 1.82) is 0 Å². The van der Waals surface area contributed by atoms with E-state index in [9.17, 15) is 9.59 Å². The maximum Gasteiger partial charge on any atom is 0.257 e. The molecule has 2 aliphatic rings. The van der Waals surface area contributed by atoms with E-state index in [-0.39, 0.29) is 24.5 Å². The molecule has 0 bridgehead atoms. The predicted octanol–water partition coefficient (Wildman–Crippen LogP) is 3.96. The number of rotatable bonds is 4. The Bertz CT molecular complexity index is 907. The highest BCUT2D eigenvalue weighted by Gasteiger charge is 2.21. The summed E-state index contributed by atoms with van der Waals surface area (Å²) in [7, 11) is 0. The molecule has 4 rings (SSSR count). The summed E-state index contributed by atoms with van der Waals surface area (Å²) in [5.74, 6) is 0.845. The Morgan fingerprint density at radius 1 is 0.963 bits per heavy atom. The first kappa shape index (κ1) is 17.1. The van der Waals surface area contributed by atoms with Gasteiger partial charge in [0.25, 0.3) is 5.91 Å². The van der Waals surface area contributed by atoms with Crippen LogP contribution in [0.15, 0.2) is 54.6 Å². The second kappa shape index (κ2) is 7.53. The van der Waals surface area contributed by atoms with E-state index in [1.54, 1.807) is 42.5 Å². The highest BCUT2D eigenvalue weighted by Crippen LogP contribution is 2.34. The van der Waals surface area contributed by atoms with Crippen molar-refractivity contribution < 1.29 is 19.1 Å². The molecule has 2 aromatic rings. The molecule has 1 aliphatic heterocycles. The number of allylic oxidation sites excluding steroid dienone is 2. The van der Waals surface area contributed by atoms with Crippen LogP contribution in [-0.2, 0) is 4.79 Å². The van der Waals surface area contributed by atoms with Gasteiger partial charge in [-0.05, 0) is 43.5 Å². The van der Waals surface area contributed by atoms with Crippen LogP contribution in [0, 0.1) is 5.92 Å². The molecule has 0 saturated carbocycles. The molecule has 2 amide bonds. The van der Waals surface area contributed by atoms with Gasteiger partial charge in [0.05, 0.1) is 11.3 Å². The lowest BCUT2D eigenvalue weighted by molar-refractivity contribution is -0.120. The van der Waals surface area contributed by atoms with Crippen molar-refractivity contribution in [3.63, 3.8) is 0 Å².